The lowest BCUT2D eigenvalue weighted by Crippen LogP contribution is -2.11. The molecule has 2 aromatic rings. The predicted molar refractivity (Wildman–Crippen MR) is 76.5 cm³/mol. The number of aromatic nitrogens is 2. The lowest BCUT2D eigenvalue weighted by molar-refractivity contribution is 0.0697. The van der Waals surface area contributed by atoms with Gasteiger partial charge >= 0.3 is 5.97 Å². The summed E-state index contributed by atoms with van der Waals surface area (Å²) in [7, 11) is 1.89. The summed E-state index contributed by atoms with van der Waals surface area (Å²) in [5.74, 6) is -0.949. The molecule has 0 aliphatic carbocycles. The van der Waals surface area contributed by atoms with E-state index in [-0.39, 0.29) is 5.56 Å². The third-order valence-corrected chi connectivity index (χ3v) is 3.51. The molecule has 5 nitrogen and oxygen atoms in total. The van der Waals surface area contributed by atoms with Gasteiger partial charge in [0.1, 0.15) is 0 Å². The summed E-state index contributed by atoms with van der Waals surface area (Å²) in [4.78, 5) is 11.2. The molecule has 0 atom stereocenters. The highest BCUT2D eigenvalue weighted by atomic mass is 79.9. The van der Waals surface area contributed by atoms with Crippen LogP contribution in [0.5, 0.6) is 0 Å². The van der Waals surface area contributed by atoms with Gasteiger partial charge in [0.2, 0.25) is 0 Å². The zero-order valence-electron chi connectivity index (χ0n) is 10.4. The number of carboxylic acid groups (broad SMARTS) is 1. The fourth-order valence-electron chi connectivity index (χ4n) is 1.86. The van der Waals surface area contributed by atoms with E-state index in [0.717, 1.165) is 12.1 Å². The lowest BCUT2D eigenvalue weighted by Gasteiger charge is -2.10. The van der Waals surface area contributed by atoms with Gasteiger partial charge < -0.3 is 10.4 Å². The smallest absolute Gasteiger partial charge is 0.338 e. The van der Waals surface area contributed by atoms with Crippen LogP contribution in [0.25, 0.3) is 0 Å². The van der Waals surface area contributed by atoms with Crippen molar-refractivity contribution < 1.29 is 9.90 Å². The van der Waals surface area contributed by atoms with E-state index in [1.54, 1.807) is 23.0 Å². The van der Waals surface area contributed by atoms with Crippen LogP contribution in [-0.4, -0.2) is 27.4 Å². The minimum absolute atomic E-state index is 0.257. The fraction of sp³-hybridized carbons (Fsp3) is 0.231. The molecular weight excluding hydrogens is 310 g/mol. The molecule has 0 spiro atoms. The molecule has 1 aromatic carbocycles. The number of nitrogens with one attached hydrogen (secondary N) is 1. The van der Waals surface area contributed by atoms with Crippen LogP contribution in [0.1, 0.15) is 16.1 Å². The van der Waals surface area contributed by atoms with Crippen molar-refractivity contribution in [3.63, 3.8) is 0 Å². The number of nitrogens with zero attached hydrogens (tertiary/aromatic N) is 2. The number of halogens is 1. The molecule has 100 valence electrons. The van der Waals surface area contributed by atoms with Crippen LogP contribution in [-0.2, 0) is 13.5 Å². The molecule has 0 unspecified atom stereocenters. The molecule has 0 bridgehead atoms. The van der Waals surface area contributed by atoms with E-state index in [1.807, 2.05) is 19.2 Å². The molecule has 0 fully saturated rings. The van der Waals surface area contributed by atoms with Crippen molar-refractivity contribution in [3.05, 3.63) is 46.2 Å². The van der Waals surface area contributed by atoms with Gasteiger partial charge in [-0.2, -0.15) is 5.10 Å². The van der Waals surface area contributed by atoms with Crippen LogP contribution < -0.4 is 5.32 Å². The molecule has 1 heterocycles. The highest BCUT2D eigenvalue weighted by molar-refractivity contribution is 9.10. The van der Waals surface area contributed by atoms with Gasteiger partial charge in [-0.05, 0) is 34.1 Å². The van der Waals surface area contributed by atoms with Crippen molar-refractivity contribution in [2.24, 2.45) is 7.05 Å². The summed E-state index contributed by atoms with van der Waals surface area (Å²) < 4.78 is 2.38. The number of anilines is 1. The van der Waals surface area contributed by atoms with E-state index in [2.05, 4.69) is 26.3 Å². The number of benzene rings is 1. The Morgan fingerprint density at radius 1 is 1.47 bits per heavy atom. The second-order valence-electron chi connectivity index (χ2n) is 4.09. The number of carbonyl (C=O) groups is 1. The first-order chi connectivity index (χ1) is 9.09. The maximum atomic E-state index is 11.2. The molecule has 0 saturated heterocycles. The van der Waals surface area contributed by atoms with Crippen LogP contribution in [0.15, 0.2) is 34.9 Å². The molecule has 0 aliphatic heterocycles. The monoisotopic (exact) mass is 323 g/mol. The number of aromatic carboxylic acids is 1. The topological polar surface area (TPSA) is 67.2 Å². The lowest BCUT2D eigenvalue weighted by atomic mass is 10.1. The summed E-state index contributed by atoms with van der Waals surface area (Å²) in [6.07, 6.45) is 2.53. The largest absolute Gasteiger partial charge is 0.478 e. The molecule has 0 amide bonds. The van der Waals surface area contributed by atoms with E-state index >= 15 is 0 Å². The number of rotatable bonds is 5. The highest BCUT2D eigenvalue weighted by Crippen LogP contribution is 2.24. The average molecular weight is 324 g/mol. The quantitative estimate of drug-likeness (QED) is 0.887. The van der Waals surface area contributed by atoms with Crippen molar-refractivity contribution >= 4 is 27.6 Å². The van der Waals surface area contributed by atoms with Crippen molar-refractivity contribution in [1.82, 2.24) is 9.78 Å². The summed E-state index contributed by atoms with van der Waals surface area (Å²) in [6.45, 7) is 0.649. The van der Waals surface area contributed by atoms with E-state index < -0.39 is 5.97 Å². The Hall–Kier alpha value is -1.82. The Morgan fingerprint density at radius 3 is 2.89 bits per heavy atom. The standard InChI is InChI=1S/C13H14BrN3O2/c1-17-9(6-8-16-17)5-7-15-11-4-2-3-10(14)12(11)13(18)19/h2-4,6,8,15H,5,7H2,1H3,(H,18,19). The van der Waals surface area contributed by atoms with E-state index in [4.69, 9.17) is 0 Å². The summed E-state index contributed by atoms with van der Waals surface area (Å²) in [6, 6.07) is 7.23. The summed E-state index contributed by atoms with van der Waals surface area (Å²) in [5, 5.41) is 16.4. The van der Waals surface area contributed by atoms with Gasteiger partial charge in [0, 0.05) is 42.1 Å². The van der Waals surface area contributed by atoms with Gasteiger partial charge in [0.05, 0.1) is 5.56 Å². The number of hydrogen-bond acceptors (Lipinski definition) is 3. The van der Waals surface area contributed by atoms with Crippen molar-refractivity contribution in [2.45, 2.75) is 6.42 Å². The van der Waals surface area contributed by atoms with E-state index in [1.165, 1.54) is 0 Å². The van der Waals surface area contributed by atoms with Crippen LogP contribution in [0.3, 0.4) is 0 Å². The molecule has 2 N–H and O–H groups in total. The van der Waals surface area contributed by atoms with Crippen LogP contribution in [0, 0.1) is 0 Å². The number of aryl methyl sites for hydroxylation is 1. The summed E-state index contributed by atoms with van der Waals surface area (Å²) >= 11 is 3.26. The van der Waals surface area contributed by atoms with Gasteiger partial charge in [-0.3, -0.25) is 4.68 Å². The molecular formula is C13H14BrN3O2. The van der Waals surface area contributed by atoms with Crippen LogP contribution in [0.4, 0.5) is 5.69 Å². The van der Waals surface area contributed by atoms with Crippen LogP contribution >= 0.6 is 15.9 Å². The third-order valence-electron chi connectivity index (χ3n) is 2.85. The average Bonchev–Trinajstić information content (AvgIpc) is 2.75. The van der Waals surface area contributed by atoms with Crippen LogP contribution in [0.2, 0.25) is 0 Å². The second-order valence-corrected chi connectivity index (χ2v) is 4.94. The Labute approximate surface area is 119 Å². The third kappa shape index (κ3) is 3.14. The van der Waals surface area contributed by atoms with Gasteiger partial charge in [0.15, 0.2) is 0 Å². The number of hydrogen-bond donors (Lipinski definition) is 2. The number of carboxylic acids is 1. The van der Waals surface area contributed by atoms with E-state index in [0.29, 0.717) is 16.7 Å². The minimum atomic E-state index is -0.949. The molecule has 0 saturated carbocycles. The van der Waals surface area contributed by atoms with Crippen molar-refractivity contribution in [3.8, 4) is 0 Å². The molecule has 0 radical (unpaired) electrons. The zero-order chi connectivity index (χ0) is 13.8. The molecule has 6 heteroatoms. The maximum Gasteiger partial charge on any atom is 0.338 e. The minimum Gasteiger partial charge on any atom is -0.478 e. The Balaban J connectivity index is 2.06. The maximum absolute atomic E-state index is 11.2. The Morgan fingerprint density at radius 2 is 2.26 bits per heavy atom. The first-order valence-corrected chi connectivity index (χ1v) is 6.61. The van der Waals surface area contributed by atoms with Gasteiger partial charge in [-0.25, -0.2) is 4.79 Å². The SMILES string of the molecule is Cn1nccc1CCNc1cccc(Br)c1C(=O)O. The normalized spacial score (nSPS) is 10.4. The molecule has 19 heavy (non-hydrogen) atoms. The Bertz CT molecular complexity index is 595. The van der Waals surface area contributed by atoms with Gasteiger partial charge in [0.25, 0.3) is 0 Å². The van der Waals surface area contributed by atoms with E-state index in [9.17, 15) is 9.90 Å². The summed E-state index contributed by atoms with van der Waals surface area (Å²) in [5.41, 5.74) is 1.97. The first-order valence-electron chi connectivity index (χ1n) is 5.82. The highest BCUT2D eigenvalue weighted by Gasteiger charge is 2.13. The van der Waals surface area contributed by atoms with Crippen molar-refractivity contribution in [2.75, 3.05) is 11.9 Å². The molecule has 2 rings (SSSR count). The first kappa shape index (κ1) is 13.6. The predicted octanol–water partition coefficient (Wildman–Crippen LogP) is 2.54. The fourth-order valence-corrected chi connectivity index (χ4v) is 2.40. The van der Waals surface area contributed by atoms with Gasteiger partial charge in [-0.1, -0.05) is 6.07 Å². The molecule has 1 aromatic heterocycles. The zero-order valence-corrected chi connectivity index (χ0v) is 12.0. The van der Waals surface area contributed by atoms with Crippen molar-refractivity contribution in [1.29, 1.82) is 0 Å². The second kappa shape index (κ2) is 5.88. The Kier molecular flexibility index (Phi) is 4.21. The molecule has 0 aliphatic rings. The van der Waals surface area contributed by atoms with Gasteiger partial charge in [-0.15, -0.1) is 0 Å².